The molecule has 0 spiro atoms. The molecule has 2 N–H and O–H groups in total. The number of para-hydroxylation sites is 1. The van der Waals surface area contributed by atoms with E-state index in [1.54, 1.807) is 12.1 Å². The third-order valence-corrected chi connectivity index (χ3v) is 3.39. The van der Waals surface area contributed by atoms with Crippen LogP contribution in [0, 0.1) is 0 Å². The maximum atomic E-state index is 11.0. The highest BCUT2D eigenvalue weighted by atomic mass is 16.4. The Balaban J connectivity index is 2.26. The van der Waals surface area contributed by atoms with Gasteiger partial charge >= 0.3 is 5.97 Å². The van der Waals surface area contributed by atoms with E-state index in [9.17, 15) is 9.90 Å². The molecule has 104 valence electrons. The van der Waals surface area contributed by atoms with Gasteiger partial charge in [-0.15, -0.1) is 0 Å². The molecular weight excluding hydrogens is 252 g/mol. The lowest BCUT2D eigenvalue weighted by atomic mass is 9.97. The molecule has 0 saturated heterocycles. The fourth-order valence-corrected chi connectivity index (χ4v) is 2.15. The van der Waals surface area contributed by atoms with Crippen LogP contribution in [-0.2, 0) is 6.42 Å². The molecule has 0 fully saturated rings. The molecule has 0 atom stereocenters. The smallest absolute Gasteiger partial charge is 0.339 e. The van der Waals surface area contributed by atoms with Crippen LogP contribution < -0.4 is 0 Å². The average Bonchev–Trinajstić information content (AvgIpc) is 2.41. The first-order valence-corrected chi connectivity index (χ1v) is 6.62. The van der Waals surface area contributed by atoms with Crippen molar-refractivity contribution in [1.82, 2.24) is 0 Å². The van der Waals surface area contributed by atoms with Crippen molar-refractivity contribution in [2.24, 2.45) is 0 Å². The van der Waals surface area contributed by atoms with Crippen LogP contribution >= 0.6 is 0 Å². The third-order valence-electron chi connectivity index (χ3n) is 3.39. The number of carboxylic acids is 1. The molecule has 0 aromatic heterocycles. The Labute approximate surface area is 118 Å². The van der Waals surface area contributed by atoms with Crippen molar-refractivity contribution >= 4 is 5.97 Å². The van der Waals surface area contributed by atoms with Crippen LogP contribution in [0.15, 0.2) is 42.5 Å². The first-order chi connectivity index (χ1) is 9.49. The van der Waals surface area contributed by atoms with Crippen LogP contribution in [0.1, 0.15) is 46.8 Å². The summed E-state index contributed by atoms with van der Waals surface area (Å²) in [4.78, 5) is 11.0. The molecule has 20 heavy (non-hydrogen) atoms. The number of carbonyl (C=O) groups is 1. The van der Waals surface area contributed by atoms with Crippen LogP contribution in [-0.4, -0.2) is 16.2 Å². The summed E-state index contributed by atoms with van der Waals surface area (Å²) in [6.07, 6.45) is 0.519. The minimum Gasteiger partial charge on any atom is -0.507 e. The summed E-state index contributed by atoms with van der Waals surface area (Å²) in [5.74, 6) is -0.778. The van der Waals surface area contributed by atoms with Gasteiger partial charge in [-0.2, -0.15) is 0 Å². The first kappa shape index (κ1) is 14.1. The quantitative estimate of drug-likeness (QED) is 0.888. The Morgan fingerprint density at radius 2 is 1.75 bits per heavy atom. The number of rotatable bonds is 4. The third kappa shape index (κ3) is 2.99. The second-order valence-electron chi connectivity index (χ2n) is 5.19. The Kier molecular flexibility index (Phi) is 4.08. The van der Waals surface area contributed by atoms with Gasteiger partial charge in [-0.3, -0.25) is 0 Å². The van der Waals surface area contributed by atoms with Gasteiger partial charge in [0.1, 0.15) is 11.3 Å². The molecule has 0 aliphatic rings. The lowest BCUT2D eigenvalue weighted by Crippen LogP contribution is -1.99. The van der Waals surface area contributed by atoms with Gasteiger partial charge in [-0.05, 0) is 28.7 Å². The molecule has 0 radical (unpaired) electrons. The van der Waals surface area contributed by atoms with Crippen LogP contribution in [0.2, 0.25) is 0 Å². The lowest BCUT2D eigenvalue weighted by Gasteiger charge is -2.09. The van der Waals surface area contributed by atoms with Crippen molar-refractivity contribution in [3.8, 4) is 5.75 Å². The Hall–Kier alpha value is -2.29. The summed E-state index contributed by atoms with van der Waals surface area (Å²) in [5, 5.41) is 19.0. The summed E-state index contributed by atoms with van der Waals surface area (Å²) < 4.78 is 0. The summed E-state index contributed by atoms with van der Waals surface area (Å²) >= 11 is 0. The van der Waals surface area contributed by atoms with Crippen molar-refractivity contribution in [2.75, 3.05) is 0 Å². The van der Waals surface area contributed by atoms with Crippen LogP contribution in [0.4, 0.5) is 0 Å². The largest absolute Gasteiger partial charge is 0.507 e. The van der Waals surface area contributed by atoms with Crippen LogP contribution in [0.25, 0.3) is 0 Å². The zero-order chi connectivity index (χ0) is 14.7. The molecule has 0 heterocycles. The minimum absolute atomic E-state index is 0.0544. The normalized spacial score (nSPS) is 10.8. The number of benzene rings is 2. The van der Waals surface area contributed by atoms with Crippen molar-refractivity contribution in [2.45, 2.75) is 26.2 Å². The van der Waals surface area contributed by atoms with Crippen molar-refractivity contribution < 1.29 is 15.0 Å². The second-order valence-corrected chi connectivity index (χ2v) is 5.19. The minimum atomic E-state index is -1.11. The standard InChI is InChI=1S/C17H18O3/c1-11(2)13-8-6-12(7-9-13)10-14-4-3-5-15(16(14)18)17(19)20/h3-9,11,18H,10H2,1-2H3,(H,19,20). The van der Waals surface area contributed by atoms with Gasteiger partial charge in [-0.1, -0.05) is 50.2 Å². The van der Waals surface area contributed by atoms with Crippen molar-refractivity contribution in [1.29, 1.82) is 0 Å². The van der Waals surface area contributed by atoms with E-state index in [-0.39, 0.29) is 11.3 Å². The molecule has 2 rings (SSSR count). The SMILES string of the molecule is CC(C)c1ccc(Cc2cccc(C(=O)O)c2O)cc1. The Bertz CT molecular complexity index is 613. The van der Waals surface area contributed by atoms with Gasteiger partial charge in [-0.25, -0.2) is 4.79 Å². The van der Waals surface area contributed by atoms with Crippen molar-refractivity contribution in [3.63, 3.8) is 0 Å². The molecular formula is C17H18O3. The summed E-state index contributed by atoms with van der Waals surface area (Å²) in [6, 6.07) is 13.0. The first-order valence-electron chi connectivity index (χ1n) is 6.62. The van der Waals surface area contributed by atoms with Gasteiger partial charge in [0.2, 0.25) is 0 Å². The number of aromatic hydroxyl groups is 1. The number of carboxylic acid groups (broad SMARTS) is 1. The molecule has 3 heteroatoms. The number of phenols is 1. The Morgan fingerprint density at radius 1 is 1.10 bits per heavy atom. The number of hydrogen-bond acceptors (Lipinski definition) is 2. The molecule has 2 aromatic carbocycles. The number of aromatic carboxylic acids is 1. The fraction of sp³-hybridized carbons (Fsp3) is 0.235. The van der Waals surface area contributed by atoms with E-state index in [2.05, 4.69) is 26.0 Å². The van der Waals surface area contributed by atoms with Crippen molar-refractivity contribution in [3.05, 3.63) is 64.7 Å². The molecule has 0 saturated carbocycles. The lowest BCUT2D eigenvalue weighted by molar-refractivity contribution is 0.0693. The van der Waals surface area contributed by atoms with Crippen LogP contribution in [0.5, 0.6) is 5.75 Å². The number of hydrogen-bond donors (Lipinski definition) is 2. The van der Waals surface area contributed by atoms with Gasteiger partial charge in [0.25, 0.3) is 0 Å². The molecule has 0 aliphatic carbocycles. The fourth-order valence-electron chi connectivity index (χ4n) is 2.15. The molecule has 0 unspecified atom stereocenters. The second kappa shape index (κ2) is 5.78. The highest BCUT2D eigenvalue weighted by molar-refractivity contribution is 5.91. The predicted octanol–water partition coefficient (Wildman–Crippen LogP) is 3.80. The van der Waals surface area contributed by atoms with Crippen LogP contribution in [0.3, 0.4) is 0 Å². The topological polar surface area (TPSA) is 57.5 Å². The summed E-state index contributed by atoms with van der Waals surface area (Å²) in [6.45, 7) is 4.27. The van der Waals surface area contributed by atoms with E-state index in [1.165, 1.54) is 11.6 Å². The van der Waals surface area contributed by atoms with E-state index in [0.717, 1.165) is 5.56 Å². The highest BCUT2D eigenvalue weighted by Gasteiger charge is 2.13. The van der Waals surface area contributed by atoms with E-state index in [0.29, 0.717) is 17.9 Å². The van der Waals surface area contributed by atoms with E-state index < -0.39 is 5.97 Å². The van der Waals surface area contributed by atoms with Gasteiger partial charge in [0.05, 0.1) is 0 Å². The molecule has 0 bridgehead atoms. The summed E-state index contributed by atoms with van der Waals surface area (Å²) in [5.41, 5.74) is 2.88. The maximum Gasteiger partial charge on any atom is 0.339 e. The molecule has 0 amide bonds. The van der Waals surface area contributed by atoms with Gasteiger partial charge in [0.15, 0.2) is 0 Å². The maximum absolute atomic E-state index is 11.0. The molecule has 0 aliphatic heterocycles. The molecule has 2 aromatic rings. The Morgan fingerprint density at radius 3 is 2.30 bits per heavy atom. The van der Waals surface area contributed by atoms with E-state index in [4.69, 9.17) is 5.11 Å². The zero-order valence-electron chi connectivity index (χ0n) is 11.6. The summed E-state index contributed by atoms with van der Waals surface area (Å²) in [7, 11) is 0. The zero-order valence-corrected chi connectivity index (χ0v) is 11.6. The monoisotopic (exact) mass is 270 g/mol. The van der Waals surface area contributed by atoms with E-state index >= 15 is 0 Å². The highest BCUT2D eigenvalue weighted by Crippen LogP contribution is 2.25. The van der Waals surface area contributed by atoms with Gasteiger partial charge < -0.3 is 10.2 Å². The average molecular weight is 270 g/mol. The predicted molar refractivity (Wildman–Crippen MR) is 78.4 cm³/mol. The van der Waals surface area contributed by atoms with E-state index in [1.807, 2.05) is 12.1 Å². The molecule has 3 nitrogen and oxygen atoms in total. The van der Waals surface area contributed by atoms with Gasteiger partial charge in [0, 0.05) is 6.42 Å².